The fraction of sp³-hybridized carbons (Fsp3) is 0.346. The molecule has 9 nitrogen and oxygen atoms in total. The third kappa shape index (κ3) is 5.38. The second kappa shape index (κ2) is 10.3. The van der Waals surface area contributed by atoms with Gasteiger partial charge in [0.2, 0.25) is 5.91 Å². The summed E-state index contributed by atoms with van der Waals surface area (Å²) in [6.07, 6.45) is -3.95. The van der Waals surface area contributed by atoms with Gasteiger partial charge in [-0.25, -0.2) is 4.68 Å². The van der Waals surface area contributed by atoms with Crippen LogP contribution in [0.1, 0.15) is 16.8 Å². The highest BCUT2D eigenvalue weighted by molar-refractivity contribution is 5.98. The van der Waals surface area contributed by atoms with Crippen LogP contribution in [0.5, 0.6) is 5.75 Å². The Morgan fingerprint density at radius 2 is 1.89 bits per heavy atom. The molecule has 0 N–H and O–H groups in total. The molecular formula is C26H22F3N5O4. The number of alkyl halides is 3. The second-order valence-corrected chi connectivity index (χ2v) is 8.97. The molecule has 0 spiro atoms. The van der Waals surface area contributed by atoms with E-state index in [1.54, 1.807) is 29.2 Å². The van der Waals surface area contributed by atoms with Gasteiger partial charge in [-0.1, -0.05) is 18.2 Å². The molecule has 1 saturated heterocycles. The summed E-state index contributed by atoms with van der Waals surface area (Å²) in [5, 5.41) is 14.9. The van der Waals surface area contributed by atoms with Crippen LogP contribution in [0.3, 0.4) is 0 Å². The zero-order valence-electron chi connectivity index (χ0n) is 20.1. The SMILES string of the molecule is N#Cc1cc2c(cc1OCC(F)(F)F)N=C(Cc1nn(CC(=O)N3CCOCC3)c(=O)c3ccccc13)C2. The molecule has 0 unspecified atom stereocenters. The number of rotatable bonds is 6. The molecule has 2 aliphatic rings. The number of benzene rings is 2. The van der Waals surface area contributed by atoms with Gasteiger partial charge in [0.05, 0.1) is 35.5 Å². The maximum absolute atomic E-state index is 13.1. The number of aliphatic imine (C=N–C) groups is 1. The number of carbonyl (C=O) groups is 1. The lowest BCUT2D eigenvalue weighted by Crippen LogP contribution is -2.44. The van der Waals surface area contributed by atoms with Crippen molar-refractivity contribution in [2.24, 2.45) is 4.99 Å². The van der Waals surface area contributed by atoms with E-state index in [2.05, 4.69) is 10.1 Å². The molecule has 1 aromatic heterocycles. The monoisotopic (exact) mass is 525 g/mol. The van der Waals surface area contributed by atoms with E-state index >= 15 is 0 Å². The predicted molar refractivity (Wildman–Crippen MR) is 131 cm³/mol. The number of morpholine rings is 1. The van der Waals surface area contributed by atoms with Gasteiger partial charge >= 0.3 is 6.18 Å². The summed E-state index contributed by atoms with van der Waals surface area (Å²) >= 11 is 0. The lowest BCUT2D eigenvalue weighted by Gasteiger charge is -2.27. The van der Waals surface area contributed by atoms with E-state index in [4.69, 9.17) is 9.47 Å². The number of amides is 1. The topological polar surface area (TPSA) is 110 Å². The van der Waals surface area contributed by atoms with Crippen molar-refractivity contribution < 1.29 is 27.4 Å². The maximum atomic E-state index is 13.1. The molecular weight excluding hydrogens is 503 g/mol. The summed E-state index contributed by atoms with van der Waals surface area (Å²) in [6.45, 7) is 0.0408. The third-order valence-corrected chi connectivity index (χ3v) is 6.33. The van der Waals surface area contributed by atoms with Gasteiger partial charge in [0.15, 0.2) is 6.61 Å². The van der Waals surface area contributed by atoms with Crippen LogP contribution in [0.15, 0.2) is 46.2 Å². The summed E-state index contributed by atoms with van der Waals surface area (Å²) in [6, 6.07) is 11.6. The Bertz CT molecular complexity index is 1530. The highest BCUT2D eigenvalue weighted by atomic mass is 19.4. The molecule has 1 fully saturated rings. The number of carbonyl (C=O) groups excluding carboxylic acids is 1. The molecule has 12 heteroatoms. The first-order chi connectivity index (χ1) is 18.2. The summed E-state index contributed by atoms with van der Waals surface area (Å²) in [5.41, 5.74) is 1.89. The Morgan fingerprint density at radius 1 is 1.16 bits per heavy atom. The largest absolute Gasteiger partial charge is 0.483 e. The lowest BCUT2D eigenvalue weighted by molar-refractivity contribution is -0.153. The first kappa shape index (κ1) is 25.4. The minimum absolute atomic E-state index is 0.0109. The fourth-order valence-corrected chi connectivity index (χ4v) is 4.53. The van der Waals surface area contributed by atoms with Crippen LogP contribution in [0.2, 0.25) is 0 Å². The standard InChI is InChI=1S/C26H22F3N5O4/c27-26(28,29)15-38-23-12-21-16(9-17(23)13-30)10-18(31-21)11-22-19-3-1-2-4-20(19)25(36)34(32-22)14-24(35)33-5-7-37-8-6-33/h1-4,9,12H,5-8,10-11,14-15H2. The van der Waals surface area contributed by atoms with Gasteiger partial charge in [-0.05, 0) is 17.7 Å². The molecule has 2 aliphatic heterocycles. The first-order valence-corrected chi connectivity index (χ1v) is 11.9. The quantitative estimate of drug-likeness (QED) is 0.490. The molecule has 0 saturated carbocycles. The zero-order chi connectivity index (χ0) is 26.9. The molecule has 196 valence electrons. The van der Waals surface area contributed by atoms with Crippen LogP contribution in [0.25, 0.3) is 10.8 Å². The summed E-state index contributed by atoms with van der Waals surface area (Å²) < 4.78 is 49.2. The number of hydrogen-bond acceptors (Lipinski definition) is 7. The van der Waals surface area contributed by atoms with Gasteiger partial charge in [0.25, 0.3) is 5.56 Å². The van der Waals surface area contributed by atoms with Crippen molar-refractivity contribution >= 4 is 28.1 Å². The summed E-state index contributed by atoms with van der Waals surface area (Å²) in [5.74, 6) is -0.419. The van der Waals surface area contributed by atoms with E-state index in [0.29, 0.717) is 66.2 Å². The normalized spacial score (nSPS) is 15.2. The van der Waals surface area contributed by atoms with Crippen LogP contribution < -0.4 is 10.3 Å². The summed E-state index contributed by atoms with van der Waals surface area (Å²) in [4.78, 5) is 32.1. The van der Waals surface area contributed by atoms with Gasteiger partial charge in [0, 0.05) is 43.1 Å². The van der Waals surface area contributed by atoms with Gasteiger partial charge in [-0.2, -0.15) is 23.5 Å². The molecule has 3 aromatic rings. The van der Waals surface area contributed by atoms with Crippen molar-refractivity contribution in [2.45, 2.75) is 25.6 Å². The molecule has 5 rings (SSSR count). The van der Waals surface area contributed by atoms with E-state index in [9.17, 15) is 28.0 Å². The van der Waals surface area contributed by atoms with E-state index in [1.165, 1.54) is 12.1 Å². The van der Waals surface area contributed by atoms with E-state index in [1.807, 2.05) is 6.07 Å². The number of nitrogens with zero attached hydrogens (tertiary/aromatic N) is 5. The molecule has 0 bridgehead atoms. The number of aromatic nitrogens is 2. The Kier molecular flexibility index (Phi) is 6.86. The van der Waals surface area contributed by atoms with Crippen molar-refractivity contribution in [3.05, 3.63) is 63.6 Å². The fourth-order valence-electron chi connectivity index (χ4n) is 4.53. The van der Waals surface area contributed by atoms with E-state index in [-0.39, 0.29) is 35.7 Å². The van der Waals surface area contributed by atoms with Crippen LogP contribution in [0.4, 0.5) is 18.9 Å². The number of fused-ring (bicyclic) bond motifs is 2. The predicted octanol–water partition coefficient (Wildman–Crippen LogP) is 2.94. The third-order valence-electron chi connectivity index (χ3n) is 6.33. The number of nitriles is 1. The average molecular weight is 525 g/mol. The maximum Gasteiger partial charge on any atom is 0.422 e. The van der Waals surface area contributed by atoms with Crippen molar-refractivity contribution in [2.75, 3.05) is 32.9 Å². The highest BCUT2D eigenvalue weighted by Crippen LogP contribution is 2.35. The molecule has 38 heavy (non-hydrogen) atoms. The molecule has 0 radical (unpaired) electrons. The van der Waals surface area contributed by atoms with Crippen molar-refractivity contribution in [1.82, 2.24) is 14.7 Å². The van der Waals surface area contributed by atoms with Crippen molar-refractivity contribution in [1.29, 1.82) is 5.26 Å². The Labute approximate surface area is 214 Å². The van der Waals surface area contributed by atoms with Gasteiger partial charge in [-0.3, -0.25) is 14.6 Å². The minimum atomic E-state index is -4.54. The second-order valence-electron chi connectivity index (χ2n) is 8.97. The highest BCUT2D eigenvalue weighted by Gasteiger charge is 2.29. The minimum Gasteiger partial charge on any atom is -0.483 e. The van der Waals surface area contributed by atoms with E-state index in [0.717, 1.165) is 4.68 Å². The molecule has 0 atom stereocenters. The van der Waals surface area contributed by atoms with Crippen LogP contribution >= 0.6 is 0 Å². The van der Waals surface area contributed by atoms with Gasteiger partial charge in [-0.15, -0.1) is 0 Å². The van der Waals surface area contributed by atoms with Crippen molar-refractivity contribution in [3.8, 4) is 11.8 Å². The Balaban J connectivity index is 1.43. The zero-order valence-corrected chi connectivity index (χ0v) is 20.1. The van der Waals surface area contributed by atoms with Crippen LogP contribution in [-0.4, -0.2) is 65.4 Å². The van der Waals surface area contributed by atoms with Crippen molar-refractivity contribution in [3.63, 3.8) is 0 Å². The lowest BCUT2D eigenvalue weighted by atomic mass is 10.0. The van der Waals surface area contributed by atoms with Gasteiger partial charge < -0.3 is 14.4 Å². The molecule has 2 aromatic carbocycles. The Hall–Kier alpha value is -4.24. The molecule has 3 heterocycles. The van der Waals surface area contributed by atoms with Gasteiger partial charge in [0.1, 0.15) is 18.4 Å². The average Bonchev–Trinajstić information content (AvgIpc) is 3.30. The number of hydrogen-bond donors (Lipinski definition) is 0. The smallest absolute Gasteiger partial charge is 0.422 e. The summed E-state index contributed by atoms with van der Waals surface area (Å²) in [7, 11) is 0. The van der Waals surface area contributed by atoms with Crippen LogP contribution in [-0.2, 0) is 28.9 Å². The van der Waals surface area contributed by atoms with E-state index < -0.39 is 12.8 Å². The first-order valence-electron chi connectivity index (χ1n) is 11.9. The number of ether oxygens (including phenoxy) is 2. The number of halogens is 3. The Morgan fingerprint density at radius 3 is 2.61 bits per heavy atom. The molecule has 1 amide bonds. The molecule has 0 aliphatic carbocycles. The van der Waals surface area contributed by atoms with Crippen LogP contribution in [0, 0.1) is 11.3 Å².